The van der Waals surface area contributed by atoms with E-state index in [1.807, 2.05) is 0 Å². The summed E-state index contributed by atoms with van der Waals surface area (Å²) in [4.78, 5) is 24.9. The van der Waals surface area contributed by atoms with Crippen LogP contribution in [0.15, 0.2) is 70.4 Å². The number of benzene rings is 2. The highest BCUT2D eigenvalue weighted by atomic mass is 35.5. The summed E-state index contributed by atoms with van der Waals surface area (Å²) in [5, 5.41) is 16.1. The van der Waals surface area contributed by atoms with E-state index in [-0.39, 0.29) is 22.8 Å². The fraction of sp³-hybridized carbons (Fsp3) is 0.208. The van der Waals surface area contributed by atoms with Gasteiger partial charge in [-0.2, -0.15) is 18.4 Å². The van der Waals surface area contributed by atoms with Gasteiger partial charge in [0.15, 0.2) is 5.78 Å². The van der Waals surface area contributed by atoms with Gasteiger partial charge in [-0.15, -0.1) is 0 Å². The van der Waals surface area contributed by atoms with Crippen molar-refractivity contribution in [2.45, 2.75) is 25.9 Å². The lowest BCUT2D eigenvalue weighted by atomic mass is 9.81. The molecule has 176 valence electrons. The number of hydrogen-bond donors (Lipinski definition) is 2. The third-order valence-corrected chi connectivity index (χ3v) is 6.35. The van der Waals surface area contributed by atoms with Crippen LogP contribution in [0.4, 0.5) is 18.9 Å². The lowest BCUT2D eigenvalue weighted by Crippen LogP contribution is -2.28. The summed E-state index contributed by atoms with van der Waals surface area (Å²) in [7, 11) is 0. The van der Waals surface area contributed by atoms with E-state index in [2.05, 4.69) is 16.7 Å². The van der Waals surface area contributed by atoms with Crippen LogP contribution in [0.25, 0.3) is 0 Å². The van der Waals surface area contributed by atoms with Crippen LogP contribution in [0.1, 0.15) is 30.9 Å². The Balaban J connectivity index is 1.87. The number of carbonyl (C=O) groups excluding carboxylic acids is 2. The Morgan fingerprint density at radius 3 is 2.41 bits per heavy atom. The molecule has 0 saturated heterocycles. The minimum absolute atomic E-state index is 0.219. The number of rotatable bonds is 6. The number of anilines is 1. The Hall–Kier alpha value is -3.22. The van der Waals surface area contributed by atoms with Gasteiger partial charge in [-0.1, -0.05) is 47.6 Å². The SMILES string of the molecule is CC(=O)C1=C(C)NC(SCC(=O)Nc2ccccc2C(F)(F)F)=C(C#N)[C@H]1c1ccc(Cl)cc1. The number of nitrogens with one attached hydrogen (secondary N) is 2. The third kappa shape index (κ3) is 5.64. The van der Waals surface area contributed by atoms with Gasteiger partial charge >= 0.3 is 6.18 Å². The predicted molar refractivity (Wildman–Crippen MR) is 126 cm³/mol. The van der Waals surface area contributed by atoms with Gasteiger partial charge in [0.25, 0.3) is 0 Å². The van der Waals surface area contributed by atoms with E-state index < -0.39 is 23.6 Å². The molecule has 1 atom stereocenters. The summed E-state index contributed by atoms with van der Waals surface area (Å²) in [6, 6.07) is 13.6. The normalized spacial score (nSPS) is 16.1. The molecule has 0 spiro atoms. The first kappa shape index (κ1) is 25.4. The van der Waals surface area contributed by atoms with Crippen molar-refractivity contribution in [2.75, 3.05) is 11.1 Å². The van der Waals surface area contributed by atoms with Gasteiger partial charge in [0, 0.05) is 16.3 Å². The zero-order chi connectivity index (χ0) is 25.0. The number of nitriles is 1. The average molecular weight is 506 g/mol. The van der Waals surface area contributed by atoms with Gasteiger partial charge in [-0.25, -0.2) is 0 Å². The quantitative estimate of drug-likeness (QED) is 0.502. The van der Waals surface area contributed by atoms with Gasteiger partial charge in [0.1, 0.15) is 0 Å². The van der Waals surface area contributed by atoms with E-state index in [1.165, 1.54) is 25.1 Å². The van der Waals surface area contributed by atoms with Gasteiger partial charge in [-0.05, 0) is 43.7 Å². The smallest absolute Gasteiger partial charge is 0.353 e. The third-order valence-electron chi connectivity index (χ3n) is 5.08. The molecule has 10 heteroatoms. The van der Waals surface area contributed by atoms with Crippen LogP contribution in [0.5, 0.6) is 0 Å². The Labute approximate surface area is 203 Å². The Bertz CT molecular complexity index is 1230. The molecule has 0 saturated carbocycles. The standard InChI is InChI=1S/C24H19ClF3N3O2S/c1-13-21(14(2)32)22(15-7-9-16(25)10-8-15)17(11-29)23(30-13)34-12-20(33)31-19-6-4-3-5-18(19)24(26,27)28/h3-10,22,30H,12H2,1-2H3,(H,31,33)/t22-/m1/s1. The van der Waals surface area contributed by atoms with Crippen molar-refractivity contribution in [3.05, 3.63) is 86.6 Å². The van der Waals surface area contributed by atoms with Crippen molar-refractivity contribution < 1.29 is 22.8 Å². The fourth-order valence-corrected chi connectivity index (χ4v) is 4.66. The summed E-state index contributed by atoms with van der Waals surface area (Å²) in [5.74, 6) is -1.81. The highest BCUT2D eigenvalue weighted by molar-refractivity contribution is 8.03. The molecular weight excluding hydrogens is 487 g/mol. The molecule has 2 aromatic carbocycles. The summed E-state index contributed by atoms with van der Waals surface area (Å²) in [6.45, 7) is 3.09. The van der Waals surface area contributed by atoms with Gasteiger partial charge in [0.2, 0.25) is 5.91 Å². The molecule has 0 fully saturated rings. The van der Waals surface area contributed by atoms with Crippen molar-refractivity contribution in [3.63, 3.8) is 0 Å². The number of allylic oxidation sites excluding steroid dienone is 3. The topological polar surface area (TPSA) is 82.0 Å². The molecule has 0 radical (unpaired) electrons. The largest absolute Gasteiger partial charge is 0.418 e. The Morgan fingerprint density at radius 2 is 1.82 bits per heavy atom. The number of amides is 1. The highest BCUT2D eigenvalue weighted by Gasteiger charge is 2.35. The highest BCUT2D eigenvalue weighted by Crippen LogP contribution is 2.41. The van der Waals surface area contributed by atoms with Crippen LogP contribution in [-0.4, -0.2) is 17.4 Å². The first-order chi connectivity index (χ1) is 16.0. The average Bonchev–Trinajstić information content (AvgIpc) is 2.77. The van der Waals surface area contributed by atoms with E-state index in [9.17, 15) is 28.0 Å². The number of dihydropyridines is 1. The molecule has 2 N–H and O–H groups in total. The maximum Gasteiger partial charge on any atom is 0.418 e. The maximum absolute atomic E-state index is 13.2. The molecule has 2 aromatic rings. The molecule has 0 aromatic heterocycles. The first-order valence-electron chi connectivity index (χ1n) is 10.00. The van der Waals surface area contributed by atoms with Gasteiger partial charge < -0.3 is 10.6 Å². The molecule has 0 bridgehead atoms. The first-order valence-corrected chi connectivity index (χ1v) is 11.4. The number of thioether (sulfide) groups is 1. The van der Waals surface area contributed by atoms with Crippen molar-refractivity contribution in [1.29, 1.82) is 5.26 Å². The number of Topliss-reactive ketones (excluding diaryl/α,β-unsaturated/α-hetero) is 1. The molecule has 3 rings (SSSR count). The molecule has 1 amide bonds. The molecular formula is C24H19ClF3N3O2S. The predicted octanol–water partition coefficient (Wildman–Crippen LogP) is 6.02. The lowest BCUT2D eigenvalue weighted by Gasteiger charge is -2.29. The number of nitrogens with zero attached hydrogens (tertiary/aromatic N) is 1. The zero-order valence-corrected chi connectivity index (χ0v) is 19.7. The number of alkyl halides is 3. The van der Waals surface area contributed by atoms with E-state index in [0.717, 1.165) is 17.8 Å². The van der Waals surface area contributed by atoms with Crippen molar-refractivity contribution in [2.24, 2.45) is 0 Å². The van der Waals surface area contributed by atoms with E-state index in [4.69, 9.17) is 11.6 Å². The zero-order valence-electron chi connectivity index (χ0n) is 18.1. The van der Waals surface area contributed by atoms with Crippen LogP contribution < -0.4 is 10.6 Å². The summed E-state index contributed by atoms with van der Waals surface area (Å²) in [5.41, 5.74) is 0.540. The van der Waals surface area contributed by atoms with E-state index in [1.54, 1.807) is 31.2 Å². The van der Waals surface area contributed by atoms with Crippen LogP contribution in [0.2, 0.25) is 5.02 Å². The minimum atomic E-state index is -4.62. The van der Waals surface area contributed by atoms with Gasteiger partial charge in [-0.3, -0.25) is 9.59 Å². The van der Waals surface area contributed by atoms with Crippen molar-refractivity contribution >= 4 is 40.7 Å². The summed E-state index contributed by atoms with van der Waals surface area (Å²) in [6.07, 6.45) is -4.62. The number of halogens is 4. The van der Waals surface area contributed by atoms with Crippen LogP contribution in [-0.2, 0) is 15.8 Å². The Morgan fingerprint density at radius 1 is 1.18 bits per heavy atom. The molecule has 1 heterocycles. The van der Waals surface area contributed by atoms with Crippen LogP contribution in [0.3, 0.4) is 0 Å². The molecule has 0 unspecified atom stereocenters. The Kier molecular flexibility index (Phi) is 7.75. The second kappa shape index (κ2) is 10.4. The number of para-hydroxylation sites is 1. The van der Waals surface area contributed by atoms with Crippen molar-refractivity contribution in [3.8, 4) is 6.07 Å². The van der Waals surface area contributed by atoms with Crippen LogP contribution in [0, 0.1) is 11.3 Å². The molecule has 5 nitrogen and oxygen atoms in total. The number of ketones is 1. The summed E-state index contributed by atoms with van der Waals surface area (Å²) >= 11 is 6.95. The fourth-order valence-electron chi connectivity index (χ4n) is 3.65. The monoisotopic (exact) mass is 505 g/mol. The second-order valence-electron chi connectivity index (χ2n) is 7.44. The van der Waals surface area contributed by atoms with Crippen LogP contribution >= 0.6 is 23.4 Å². The van der Waals surface area contributed by atoms with Crippen molar-refractivity contribution in [1.82, 2.24) is 5.32 Å². The van der Waals surface area contributed by atoms with E-state index >= 15 is 0 Å². The maximum atomic E-state index is 13.2. The number of carbonyl (C=O) groups is 2. The summed E-state index contributed by atoms with van der Waals surface area (Å²) < 4.78 is 39.6. The minimum Gasteiger partial charge on any atom is -0.353 e. The molecule has 1 aliphatic heterocycles. The molecule has 34 heavy (non-hydrogen) atoms. The number of hydrogen-bond acceptors (Lipinski definition) is 5. The van der Waals surface area contributed by atoms with E-state index in [0.29, 0.717) is 26.9 Å². The second-order valence-corrected chi connectivity index (χ2v) is 8.86. The molecule has 0 aliphatic carbocycles. The van der Waals surface area contributed by atoms with Gasteiger partial charge in [0.05, 0.1) is 39.6 Å². The lowest BCUT2D eigenvalue weighted by molar-refractivity contribution is -0.137. The molecule has 1 aliphatic rings.